The van der Waals surface area contributed by atoms with Crippen LogP contribution in [0, 0.1) is 10.1 Å². The zero-order chi connectivity index (χ0) is 14.6. The van der Waals surface area contributed by atoms with Crippen LogP contribution in [0.2, 0.25) is 0 Å². The Labute approximate surface area is 117 Å². The fraction of sp³-hybridized carbons (Fsp3) is 0.273. The smallest absolute Gasteiger partial charge is 0.284 e. The summed E-state index contributed by atoms with van der Waals surface area (Å²) in [7, 11) is 0. The first-order chi connectivity index (χ1) is 8.82. The molecule has 1 rings (SSSR count). The summed E-state index contributed by atoms with van der Waals surface area (Å²) in [6.45, 7) is 1.62. The molecule has 102 valence electrons. The fourth-order valence-electron chi connectivity index (χ4n) is 1.49. The zero-order valence-corrected chi connectivity index (χ0v) is 11.6. The van der Waals surface area contributed by atoms with E-state index in [9.17, 15) is 19.7 Å². The number of nitro benzene ring substituents is 1. The first kappa shape index (κ1) is 15.1. The minimum absolute atomic E-state index is 0.00170. The van der Waals surface area contributed by atoms with Gasteiger partial charge in [0.2, 0.25) is 5.91 Å². The van der Waals surface area contributed by atoms with Crippen LogP contribution >= 0.6 is 15.9 Å². The number of hydrogen-bond acceptors (Lipinski definition) is 4. The molecule has 1 aromatic rings. The molecule has 0 aromatic heterocycles. The first-order valence-corrected chi connectivity index (χ1v) is 6.14. The molecule has 2 amide bonds. The maximum Gasteiger partial charge on any atom is 0.284 e. The summed E-state index contributed by atoms with van der Waals surface area (Å²) in [6, 6.07) is 3.70. The van der Waals surface area contributed by atoms with E-state index in [4.69, 9.17) is 5.73 Å². The van der Waals surface area contributed by atoms with Gasteiger partial charge in [-0.05, 0) is 28.9 Å². The van der Waals surface area contributed by atoms with E-state index < -0.39 is 22.8 Å². The van der Waals surface area contributed by atoms with E-state index in [1.54, 1.807) is 6.92 Å². The highest BCUT2D eigenvalue weighted by Crippen LogP contribution is 2.28. The molecule has 0 fully saturated rings. The van der Waals surface area contributed by atoms with E-state index >= 15 is 0 Å². The van der Waals surface area contributed by atoms with Gasteiger partial charge in [0.05, 0.1) is 10.5 Å². The number of nitrogens with zero attached hydrogens (tertiary/aromatic N) is 1. The number of nitrogens with one attached hydrogen (secondary N) is 1. The molecule has 0 saturated heterocycles. The molecule has 0 aliphatic carbocycles. The van der Waals surface area contributed by atoms with Crippen molar-refractivity contribution in [1.82, 2.24) is 5.32 Å². The number of carbonyl (C=O) groups is 2. The molecule has 0 spiro atoms. The number of rotatable bonds is 5. The van der Waals surface area contributed by atoms with Crippen molar-refractivity contribution >= 4 is 33.4 Å². The van der Waals surface area contributed by atoms with Crippen LogP contribution in [-0.2, 0) is 4.79 Å². The fourth-order valence-corrected chi connectivity index (χ4v) is 2.08. The van der Waals surface area contributed by atoms with Gasteiger partial charge in [-0.3, -0.25) is 19.7 Å². The lowest BCUT2D eigenvalue weighted by Gasteiger charge is -2.12. The van der Waals surface area contributed by atoms with Crippen LogP contribution in [0.1, 0.15) is 23.7 Å². The maximum absolute atomic E-state index is 11.9. The number of amides is 2. The van der Waals surface area contributed by atoms with Crippen molar-refractivity contribution in [3.05, 3.63) is 38.3 Å². The average molecular weight is 330 g/mol. The van der Waals surface area contributed by atoms with Crippen molar-refractivity contribution in [3.63, 3.8) is 0 Å². The Bertz CT molecular complexity index is 533. The summed E-state index contributed by atoms with van der Waals surface area (Å²) in [6.07, 6.45) is -0.00170. The highest BCUT2D eigenvalue weighted by atomic mass is 79.9. The molecule has 1 unspecified atom stereocenters. The summed E-state index contributed by atoms with van der Waals surface area (Å²) in [5.41, 5.74) is 4.94. The van der Waals surface area contributed by atoms with Crippen molar-refractivity contribution in [1.29, 1.82) is 0 Å². The molecule has 0 aliphatic rings. The largest absolute Gasteiger partial charge is 0.370 e. The highest BCUT2D eigenvalue weighted by Gasteiger charge is 2.20. The number of nitrogens with two attached hydrogens (primary N) is 1. The predicted octanol–water partition coefficient (Wildman–Crippen LogP) is 1.35. The summed E-state index contributed by atoms with van der Waals surface area (Å²) in [4.78, 5) is 32.8. The van der Waals surface area contributed by atoms with Crippen LogP contribution in [0.25, 0.3) is 0 Å². The van der Waals surface area contributed by atoms with Gasteiger partial charge >= 0.3 is 0 Å². The predicted molar refractivity (Wildman–Crippen MR) is 71.5 cm³/mol. The van der Waals surface area contributed by atoms with Crippen LogP contribution in [0.3, 0.4) is 0 Å². The van der Waals surface area contributed by atoms with Crippen molar-refractivity contribution in [2.24, 2.45) is 5.73 Å². The number of benzene rings is 1. The summed E-state index contributed by atoms with van der Waals surface area (Å²) < 4.78 is 0.101. The van der Waals surface area contributed by atoms with Gasteiger partial charge in [-0.25, -0.2) is 0 Å². The Kier molecular flexibility index (Phi) is 4.99. The van der Waals surface area contributed by atoms with Gasteiger partial charge in [-0.2, -0.15) is 0 Å². The van der Waals surface area contributed by atoms with Crippen molar-refractivity contribution in [3.8, 4) is 0 Å². The number of primary amides is 1. The molecular weight excluding hydrogens is 318 g/mol. The maximum atomic E-state index is 11.9. The molecule has 1 atom stereocenters. The third-order valence-electron chi connectivity index (χ3n) is 2.30. The molecule has 0 aliphatic heterocycles. The van der Waals surface area contributed by atoms with Gasteiger partial charge in [0.15, 0.2) is 0 Å². The zero-order valence-electron chi connectivity index (χ0n) is 10.1. The van der Waals surface area contributed by atoms with Gasteiger partial charge in [-0.1, -0.05) is 6.07 Å². The standard InChI is InChI=1S/C11H12BrN3O4/c1-6(5-9(13)16)14-11(17)7-3-2-4-8(10(7)12)15(18)19/h2-4,6H,5H2,1H3,(H2,13,16)(H,14,17). The molecule has 19 heavy (non-hydrogen) atoms. The third kappa shape index (κ3) is 4.02. The monoisotopic (exact) mass is 329 g/mol. The van der Waals surface area contributed by atoms with E-state index in [1.807, 2.05) is 0 Å². The minimum atomic E-state index is -0.590. The van der Waals surface area contributed by atoms with Gasteiger partial charge in [0, 0.05) is 18.5 Å². The van der Waals surface area contributed by atoms with Crippen molar-refractivity contribution < 1.29 is 14.5 Å². The Balaban J connectivity index is 2.92. The lowest BCUT2D eigenvalue weighted by molar-refractivity contribution is -0.385. The van der Waals surface area contributed by atoms with Gasteiger partial charge in [0.25, 0.3) is 11.6 Å². The topological polar surface area (TPSA) is 115 Å². The van der Waals surface area contributed by atoms with Crippen LogP contribution in [0.4, 0.5) is 5.69 Å². The molecule has 0 saturated carbocycles. The Morgan fingerprint density at radius 2 is 2.16 bits per heavy atom. The summed E-state index contributed by atoms with van der Waals surface area (Å²) in [5, 5.41) is 13.3. The molecule has 0 radical (unpaired) electrons. The SMILES string of the molecule is CC(CC(N)=O)NC(=O)c1cccc([N+](=O)[O-])c1Br. The lowest BCUT2D eigenvalue weighted by Crippen LogP contribution is -2.35. The second-order valence-electron chi connectivity index (χ2n) is 3.94. The molecule has 0 heterocycles. The van der Waals surface area contributed by atoms with Crippen LogP contribution in [0.15, 0.2) is 22.7 Å². The summed E-state index contributed by atoms with van der Waals surface area (Å²) >= 11 is 3.03. The number of halogens is 1. The normalized spacial score (nSPS) is 11.7. The first-order valence-electron chi connectivity index (χ1n) is 5.35. The van der Waals surface area contributed by atoms with Crippen LogP contribution in [0.5, 0.6) is 0 Å². The van der Waals surface area contributed by atoms with Gasteiger partial charge < -0.3 is 11.1 Å². The third-order valence-corrected chi connectivity index (χ3v) is 3.14. The van der Waals surface area contributed by atoms with E-state index in [0.717, 1.165) is 0 Å². The average Bonchev–Trinajstić information content (AvgIpc) is 2.27. The minimum Gasteiger partial charge on any atom is -0.370 e. The number of carbonyl (C=O) groups excluding carboxylic acids is 2. The van der Waals surface area contributed by atoms with Crippen molar-refractivity contribution in [2.45, 2.75) is 19.4 Å². The summed E-state index contributed by atoms with van der Waals surface area (Å²) in [5.74, 6) is -1.05. The van der Waals surface area contributed by atoms with E-state index in [1.165, 1.54) is 18.2 Å². The van der Waals surface area contributed by atoms with Crippen LogP contribution in [-0.4, -0.2) is 22.8 Å². The number of nitro groups is 1. The van der Waals surface area contributed by atoms with E-state index in [-0.39, 0.29) is 22.1 Å². The Hall–Kier alpha value is -1.96. The Morgan fingerprint density at radius 3 is 2.68 bits per heavy atom. The lowest BCUT2D eigenvalue weighted by atomic mass is 10.1. The second kappa shape index (κ2) is 6.28. The molecule has 3 N–H and O–H groups in total. The Morgan fingerprint density at radius 1 is 1.53 bits per heavy atom. The van der Waals surface area contributed by atoms with Gasteiger partial charge in [0.1, 0.15) is 4.47 Å². The highest BCUT2D eigenvalue weighted by molar-refractivity contribution is 9.10. The molecular formula is C11H12BrN3O4. The van der Waals surface area contributed by atoms with E-state index in [2.05, 4.69) is 21.2 Å². The number of hydrogen-bond donors (Lipinski definition) is 2. The molecule has 1 aromatic carbocycles. The quantitative estimate of drug-likeness (QED) is 0.626. The van der Waals surface area contributed by atoms with E-state index in [0.29, 0.717) is 0 Å². The molecule has 7 nitrogen and oxygen atoms in total. The molecule has 0 bridgehead atoms. The van der Waals surface area contributed by atoms with Crippen molar-refractivity contribution in [2.75, 3.05) is 0 Å². The van der Waals surface area contributed by atoms with Crippen LogP contribution < -0.4 is 11.1 Å². The molecule has 8 heteroatoms. The second-order valence-corrected chi connectivity index (χ2v) is 4.73. The van der Waals surface area contributed by atoms with Gasteiger partial charge in [-0.15, -0.1) is 0 Å².